The number of nitriles is 1. The van der Waals surface area contributed by atoms with E-state index in [9.17, 15) is 9.18 Å². The number of halogens is 1. The fourth-order valence-electron chi connectivity index (χ4n) is 3.08. The maximum Gasteiger partial charge on any atom is 0.252 e. The fraction of sp³-hybridized carbons (Fsp3) is 0.158. The molecule has 26 heavy (non-hydrogen) atoms. The van der Waals surface area contributed by atoms with Crippen LogP contribution in [-0.4, -0.2) is 25.6 Å². The predicted molar refractivity (Wildman–Crippen MR) is 90.8 cm³/mol. The molecule has 128 valence electrons. The molecule has 1 aliphatic heterocycles. The third kappa shape index (κ3) is 3.05. The Morgan fingerprint density at radius 3 is 2.73 bits per heavy atom. The summed E-state index contributed by atoms with van der Waals surface area (Å²) in [7, 11) is 0. The van der Waals surface area contributed by atoms with E-state index in [0.29, 0.717) is 13.1 Å². The Morgan fingerprint density at radius 2 is 1.96 bits per heavy atom. The summed E-state index contributed by atoms with van der Waals surface area (Å²) in [4.78, 5) is 18.0. The molecule has 0 bridgehead atoms. The zero-order valence-electron chi connectivity index (χ0n) is 13.8. The minimum atomic E-state index is -0.274. The molecule has 6 nitrogen and oxygen atoms in total. The second kappa shape index (κ2) is 6.41. The summed E-state index contributed by atoms with van der Waals surface area (Å²) in [6.07, 6.45) is 1.38. The van der Waals surface area contributed by atoms with E-state index in [1.807, 2.05) is 30.3 Å². The molecule has 2 heterocycles. The van der Waals surface area contributed by atoms with Gasteiger partial charge >= 0.3 is 0 Å². The van der Waals surface area contributed by atoms with Crippen molar-refractivity contribution in [1.29, 1.82) is 5.26 Å². The van der Waals surface area contributed by atoms with Crippen molar-refractivity contribution in [3.05, 3.63) is 71.6 Å². The monoisotopic (exact) mass is 347 g/mol. The summed E-state index contributed by atoms with van der Waals surface area (Å²) in [5.41, 5.74) is 3.86. The zero-order chi connectivity index (χ0) is 18.1. The first-order chi connectivity index (χ1) is 12.6. The largest absolute Gasteiger partial charge is 0.332 e. The van der Waals surface area contributed by atoms with E-state index in [-0.39, 0.29) is 24.1 Å². The standard InChI is InChI=1S/C19H14FN5O/c20-17-3-1-2-13(7-17)14-4-5-15-9-24(10-16(15)6-14)19(26)11-25-12-22-18(8-21)23-25/h1-7,12H,9-11H2. The highest BCUT2D eigenvalue weighted by Crippen LogP contribution is 2.29. The molecule has 1 aromatic heterocycles. The number of carbonyl (C=O) groups is 1. The molecule has 7 heteroatoms. The number of carbonyl (C=O) groups excluding carboxylic acids is 1. The molecular formula is C19H14FN5O. The molecule has 2 aromatic carbocycles. The quantitative estimate of drug-likeness (QED) is 0.729. The molecule has 0 radical (unpaired) electrons. The number of nitrogens with zero attached hydrogens (tertiary/aromatic N) is 5. The number of hydrogen-bond donors (Lipinski definition) is 0. The minimum Gasteiger partial charge on any atom is -0.332 e. The van der Waals surface area contributed by atoms with Gasteiger partial charge in [-0.05, 0) is 40.5 Å². The Morgan fingerprint density at radius 1 is 1.15 bits per heavy atom. The van der Waals surface area contributed by atoms with Gasteiger partial charge in [0.2, 0.25) is 5.91 Å². The maximum absolute atomic E-state index is 13.4. The van der Waals surface area contributed by atoms with Gasteiger partial charge in [0.25, 0.3) is 5.82 Å². The number of benzene rings is 2. The fourth-order valence-corrected chi connectivity index (χ4v) is 3.08. The van der Waals surface area contributed by atoms with Crippen LogP contribution in [0, 0.1) is 17.1 Å². The molecular weight excluding hydrogens is 333 g/mol. The van der Waals surface area contributed by atoms with Gasteiger partial charge in [-0.25, -0.2) is 14.1 Å². The first kappa shape index (κ1) is 16.0. The predicted octanol–water partition coefficient (Wildman–Crippen LogP) is 2.50. The summed E-state index contributed by atoms with van der Waals surface area (Å²) in [6, 6.07) is 14.2. The normalized spacial score (nSPS) is 12.7. The van der Waals surface area contributed by atoms with Crippen molar-refractivity contribution in [2.45, 2.75) is 19.6 Å². The average molecular weight is 347 g/mol. The van der Waals surface area contributed by atoms with Crippen LogP contribution in [-0.2, 0) is 24.4 Å². The van der Waals surface area contributed by atoms with E-state index in [4.69, 9.17) is 5.26 Å². The summed E-state index contributed by atoms with van der Waals surface area (Å²) < 4.78 is 14.8. The lowest BCUT2D eigenvalue weighted by Gasteiger charge is -2.14. The van der Waals surface area contributed by atoms with E-state index >= 15 is 0 Å². The van der Waals surface area contributed by atoms with E-state index in [1.54, 1.807) is 11.0 Å². The van der Waals surface area contributed by atoms with Crippen LogP contribution in [0.2, 0.25) is 0 Å². The first-order valence-corrected chi connectivity index (χ1v) is 8.07. The molecule has 0 saturated heterocycles. The molecule has 0 atom stereocenters. The SMILES string of the molecule is N#Cc1ncn(CC(=O)N2Cc3ccc(-c4cccc(F)c4)cc3C2)n1. The molecule has 0 N–H and O–H groups in total. The maximum atomic E-state index is 13.4. The van der Waals surface area contributed by atoms with Crippen LogP contribution in [0.3, 0.4) is 0 Å². The van der Waals surface area contributed by atoms with Crippen molar-refractivity contribution in [3.63, 3.8) is 0 Å². The average Bonchev–Trinajstić information content (AvgIpc) is 3.27. The minimum absolute atomic E-state index is 0.0411. The molecule has 4 rings (SSSR count). The van der Waals surface area contributed by atoms with Crippen LogP contribution in [0.15, 0.2) is 48.8 Å². The first-order valence-electron chi connectivity index (χ1n) is 8.07. The van der Waals surface area contributed by atoms with Crippen LogP contribution >= 0.6 is 0 Å². The summed E-state index contributed by atoms with van der Waals surface area (Å²) in [6.45, 7) is 1.06. The van der Waals surface area contributed by atoms with E-state index in [0.717, 1.165) is 22.3 Å². The second-order valence-electron chi connectivity index (χ2n) is 6.12. The van der Waals surface area contributed by atoms with Crippen molar-refractivity contribution >= 4 is 5.91 Å². The third-order valence-corrected chi connectivity index (χ3v) is 4.37. The van der Waals surface area contributed by atoms with E-state index < -0.39 is 0 Å². The van der Waals surface area contributed by atoms with Crippen LogP contribution < -0.4 is 0 Å². The topological polar surface area (TPSA) is 74.8 Å². The number of amides is 1. The van der Waals surface area contributed by atoms with Crippen molar-refractivity contribution in [3.8, 4) is 17.2 Å². The van der Waals surface area contributed by atoms with Crippen LogP contribution in [0.4, 0.5) is 4.39 Å². The van der Waals surface area contributed by atoms with Crippen molar-refractivity contribution < 1.29 is 9.18 Å². The van der Waals surface area contributed by atoms with E-state index in [2.05, 4.69) is 10.1 Å². The highest BCUT2D eigenvalue weighted by molar-refractivity contribution is 5.77. The number of rotatable bonds is 3. The summed E-state index contributed by atoms with van der Waals surface area (Å²) >= 11 is 0. The third-order valence-electron chi connectivity index (χ3n) is 4.37. The highest BCUT2D eigenvalue weighted by atomic mass is 19.1. The number of hydrogen-bond acceptors (Lipinski definition) is 4. The Hall–Kier alpha value is -3.53. The smallest absolute Gasteiger partial charge is 0.252 e. The zero-order valence-corrected chi connectivity index (χ0v) is 13.8. The van der Waals surface area contributed by atoms with Crippen LogP contribution in [0.1, 0.15) is 17.0 Å². The molecule has 0 saturated carbocycles. The molecule has 1 aliphatic rings. The lowest BCUT2D eigenvalue weighted by molar-refractivity contribution is -0.132. The Kier molecular flexibility index (Phi) is 3.93. The number of fused-ring (bicyclic) bond motifs is 1. The van der Waals surface area contributed by atoms with Gasteiger partial charge in [-0.15, -0.1) is 5.10 Å². The summed E-state index contributed by atoms with van der Waals surface area (Å²) in [5.74, 6) is -0.325. The number of aromatic nitrogens is 3. The van der Waals surface area contributed by atoms with Gasteiger partial charge in [0.05, 0.1) is 0 Å². The molecule has 0 aliphatic carbocycles. The van der Waals surface area contributed by atoms with Crippen LogP contribution in [0.5, 0.6) is 0 Å². The molecule has 3 aromatic rings. The lowest BCUT2D eigenvalue weighted by atomic mass is 10.0. The molecule has 0 unspecified atom stereocenters. The molecule has 0 fully saturated rings. The molecule has 1 amide bonds. The van der Waals surface area contributed by atoms with Crippen molar-refractivity contribution in [1.82, 2.24) is 19.7 Å². The van der Waals surface area contributed by atoms with Gasteiger partial charge in [0.15, 0.2) is 0 Å². The molecule has 0 spiro atoms. The van der Waals surface area contributed by atoms with Crippen molar-refractivity contribution in [2.75, 3.05) is 0 Å². The van der Waals surface area contributed by atoms with Gasteiger partial charge in [0, 0.05) is 13.1 Å². The van der Waals surface area contributed by atoms with E-state index in [1.165, 1.54) is 23.1 Å². The van der Waals surface area contributed by atoms with Crippen LogP contribution in [0.25, 0.3) is 11.1 Å². The van der Waals surface area contributed by atoms with Gasteiger partial charge in [-0.3, -0.25) is 4.79 Å². The lowest BCUT2D eigenvalue weighted by Crippen LogP contribution is -2.29. The highest BCUT2D eigenvalue weighted by Gasteiger charge is 2.24. The van der Waals surface area contributed by atoms with Crippen molar-refractivity contribution in [2.24, 2.45) is 0 Å². The Balaban J connectivity index is 1.50. The van der Waals surface area contributed by atoms with Gasteiger partial charge in [0.1, 0.15) is 24.8 Å². The summed E-state index contributed by atoms with van der Waals surface area (Å²) in [5, 5.41) is 12.7. The second-order valence-corrected chi connectivity index (χ2v) is 6.12. The van der Waals surface area contributed by atoms with Gasteiger partial charge in [-0.1, -0.05) is 24.3 Å². The van der Waals surface area contributed by atoms with Gasteiger partial charge < -0.3 is 4.90 Å². The Labute approximate surface area is 149 Å². The van der Waals surface area contributed by atoms with Gasteiger partial charge in [-0.2, -0.15) is 5.26 Å². The Bertz CT molecular complexity index is 1040.